The van der Waals surface area contributed by atoms with E-state index in [1.807, 2.05) is 12.1 Å². The highest BCUT2D eigenvalue weighted by Crippen LogP contribution is 2.17. The zero-order valence-corrected chi connectivity index (χ0v) is 12.4. The van der Waals surface area contributed by atoms with E-state index in [1.54, 1.807) is 13.0 Å². The fourth-order valence-electron chi connectivity index (χ4n) is 1.55. The lowest BCUT2D eigenvalue weighted by Gasteiger charge is -2.07. The largest absolute Gasteiger partial charge is 0.462 e. The van der Waals surface area contributed by atoms with Crippen molar-refractivity contribution in [2.45, 2.75) is 26.2 Å². The summed E-state index contributed by atoms with van der Waals surface area (Å²) in [5.74, 6) is -0.285. The molecule has 4 nitrogen and oxygen atoms in total. The van der Waals surface area contributed by atoms with Gasteiger partial charge in [-0.1, -0.05) is 0 Å². The SMILES string of the molecule is CCOC(=O)c1ccc(I)c(CCC/C=N/O)c1. The quantitative estimate of drug-likeness (QED) is 0.211. The topological polar surface area (TPSA) is 58.9 Å². The summed E-state index contributed by atoms with van der Waals surface area (Å²) in [6.45, 7) is 2.17. The fraction of sp³-hybridized carbons (Fsp3) is 0.385. The van der Waals surface area contributed by atoms with Gasteiger partial charge in [0.1, 0.15) is 0 Å². The summed E-state index contributed by atoms with van der Waals surface area (Å²) in [5, 5.41) is 11.3. The minimum absolute atomic E-state index is 0.285. The zero-order valence-electron chi connectivity index (χ0n) is 10.2. The maximum atomic E-state index is 11.6. The van der Waals surface area contributed by atoms with Gasteiger partial charge in [-0.15, -0.1) is 5.16 Å². The van der Waals surface area contributed by atoms with Crippen LogP contribution in [0.1, 0.15) is 35.7 Å². The van der Waals surface area contributed by atoms with E-state index in [0.29, 0.717) is 12.2 Å². The summed E-state index contributed by atoms with van der Waals surface area (Å²) >= 11 is 2.25. The van der Waals surface area contributed by atoms with Crippen LogP contribution in [0.15, 0.2) is 23.4 Å². The van der Waals surface area contributed by atoms with Crippen molar-refractivity contribution in [1.29, 1.82) is 0 Å². The van der Waals surface area contributed by atoms with Crippen LogP contribution in [0.5, 0.6) is 0 Å². The highest BCUT2D eigenvalue weighted by atomic mass is 127. The third kappa shape index (κ3) is 4.64. The highest BCUT2D eigenvalue weighted by molar-refractivity contribution is 14.1. The van der Waals surface area contributed by atoms with Crippen molar-refractivity contribution >= 4 is 34.8 Å². The van der Waals surface area contributed by atoms with Gasteiger partial charge in [0.25, 0.3) is 0 Å². The maximum absolute atomic E-state index is 11.6. The lowest BCUT2D eigenvalue weighted by Crippen LogP contribution is -2.05. The molecule has 0 aliphatic heterocycles. The van der Waals surface area contributed by atoms with E-state index in [1.165, 1.54) is 6.21 Å². The number of rotatable bonds is 6. The van der Waals surface area contributed by atoms with Crippen molar-refractivity contribution in [3.63, 3.8) is 0 Å². The Hall–Kier alpha value is -1.11. The van der Waals surface area contributed by atoms with Gasteiger partial charge in [-0.05, 0) is 72.5 Å². The van der Waals surface area contributed by atoms with Gasteiger partial charge >= 0.3 is 5.97 Å². The normalized spacial score (nSPS) is 10.8. The number of hydrogen-bond donors (Lipinski definition) is 1. The Balaban J connectivity index is 2.71. The van der Waals surface area contributed by atoms with Gasteiger partial charge in [0.05, 0.1) is 12.2 Å². The summed E-state index contributed by atoms with van der Waals surface area (Å²) in [6, 6.07) is 5.57. The highest BCUT2D eigenvalue weighted by Gasteiger charge is 2.09. The van der Waals surface area contributed by atoms with Crippen molar-refractivity contribution in [2.24, 2.45) is 5.16 Å². The van der Waals surface area contributed by atoms with Gasteiger partial charge in [-0.25, -0.2) is 4.79 Å². The molecule has 0 unspecified atom stereocenters. The van der Waals surface area contributed by atoms with E-state index in [-0.39, 0.29) is 5.97 Å². The first-order valence-corrected chi connectivity index (χ1v) is 6.88. The Kier molecular flexibility index (Phi) is 6.70. The van der Waals surface area contributed by atoms with Gasteiger partial charge in [-0.3, -0.25) is 0 Å². The van der Waals surface area contributed by atoms with Crippen LogP contribution in [0.4, 0.5) is 0 Å². The van der Waals surface area contributed by atoms with Crippen LogP contribution < -0.4 is 0 Å². The van der Waals surface area contributed by atoms with Crippen molar-refractivity contribution in [3.8, 4) is 0 Å². The molecule has 0 radical (unpaired) electrons. The molecule has 0 amide bonds. The predicted octanol–water partition coefficient (Wildman–Crippen LogP) is 3.25. The van der Waals surface area contributed by atoms with Crippen LogP contribution in [0.2, 0.25) is 0 Å². The molecule has 0 fully saturated rings. The number of aryl methyl sites for hydroxylation is 1. The van der Waals surface area contributed by atoms with Crippen LogP contribution in [0, 0.1) is 3.57 Å². The second kappa shape index (κ2) is 8.07. The minimum Gasteiger partial charge on any atom is -0.462 e. The van der Waals surface area contributed by atoms with Crippen molar-refractivity contribution in [2.75, 3.05) is 6.61 Å². The summed E-state index contributed by atoms with van der Waals surface area (Å²) in [7, 11) is 0. The van der Waals surface area contributed by atoms with E-state index >= 15 is 0 Å². The molecular formula is C13H16INO3. The van der Waals surface area contributed by atoms with Gasteiger partial charge < -0.3 is 9.94 Å². The van der Waals surface area contributed by atoms with E-state index in [2.05, 4.69) is 27.7 Å². The molecule has 0 aliphatic rings. The molecule has 1 N–H and O–H groups in total. The molecular weight excluding hydrogens is 345 g/mol. The average Bonchev–Trinajstić information content (AvgIpc) is 2.37. The summed E-state index contributed by atoms with van der Waals surface area (Å²) < 4.78 is 6.10. The first kappa shape index (κ1) is 14.9. The molecule has 1 rings (SSSR count). The molecule has 1 aromatic carbocycles. The van der Waals surface area contributed by atoms with E-state index in [9.17, 15) is 4.79 Å². The average molecular weight is 361 g/mol. The first-order chi connectivity index (χ1) is 8.69. The summed E-state index contributed by atoms with van der Waals surface area (Å²) in [4.78, 5) is 11.6. The van der Waals surface area contributed by atoms with Gasteiger partial charge in [0, 0.05) is 9.78 Å². The monoisotopic (exact) mass is 361 g/mol. The number of hydrogen-bond acceptors (Lipinski definition) is 4. The lowest BCUT2D eigenvalue weighted by atomic mass is 10.1. The Bertz CT molecular complexity index is 432. The molecule has 98 valence electrons. The second-order valence-corrected chi connectivity index (χ2v) is 4.88. The minimum atomic E-state index is -0.285. The van der Waals surface area contributed by atoms with Crippen molar-refractivity contribution < 1.29 is 14.7 Å². The molecule has 0 saturated carbocycles. The second-order valence-electron chi connectivity index (χ2n) is 3.72. The molecule has 0 heterocycles. The predicted molar refractivity (Wildman–Crippen MR) is 78.3 cm³/mol. The molecule has 0 spiro atoms. The Morgan fingerprint density at radius 2 is 2.33 bits per heavy atom. The van der Waals surface area contributed by atoms with Crippen LogP contribution in [-0.4, -0.2) is 24.0 Å². The van der Waals surface area contributed by atoms with Crippen LogP contribution >= 0.6 is 22.6 Å². The number of oxime groups is 1. The van der Waals surface area contributed by atoms with Gasteiger partial charge in [0.2, 0.25) is 0 Å². The van der Waals surface area contributed by atoms with E-state index in [4.69, 9.17) is 9.94 Å². The Morgan fingerprint density at radius 1 is 1.56 bits per heavy atom. The van der Waals surface area contributed by atoms with Crippen LogP contribution in [0.3, 0.4) is 0 Å². The molecule has 0 aliphatic carbocycles. The van der Waals surface area contributed by atoms with Gasteiger partial charge in [-0.2, -0.15) is 0 Å². The molecule has 0 aromatic heterocycles. The van der Waals surface area contributed by atoms with Crippen LogP contribution in [-0.2, 0) is 11.2 Å². The molecule has 0 bridgehead atoms. The van der Waals surface area contributed by atoms with E-state index < -0.39 is 0 Å². The number of carbonyl (C=O) groups is 1. The van der Waals surface area contributed by atoms with Crippen molar-refractivity contribution in [3.05, 3.63) is 32.9 Å². The Morgan fingerprint density at radius 3 is 3.00 bits per heavy atom. The third-order valence-electron chi connectivity index (χ3n) is 2.42. The standard InChI is InChI=1S/C13H16INO3/c1-2-18-13(16)11-6-7-12(14)10(9-11)5-3-4-8-15-17/h6-9,17H,2-5H2,1H3/b15-8+. The molecule has 5 heteroatoms. The lowest BCUT2D eigenvalue weighted by molar-refractivity contribution is 0.0526. The van der Waals surface area contributed by atoms with Crippen molar-refractivity contribution in [1.82, 2.24) is 0 Å². The zero-order chi connectivity index (χ0) is 13.4. The maximum Gasteiger partial charge on any atom is 0.338 e. The molecule has 0 atom stereocenters. The smallest absolute Gasteiger partial charge is 0.338 e. The van der Waals surface area contributed by atoms with Crippen LogP contribution in [0.25, 0.3) is 0 Å². The summed E-state index contributed by atoms with van der Waals surface area (Å²) in [6.07, 6.45) is 3.92. The Labute approximate surface area is 120 Å². The number of nitrogens with zero attached hydrogens (tertiary/aromatic N) is 1. The third-order valence-corrected chi connectivity index (χ3v) is 3.47. The number of carbonyl (C=O) groups excluding carboxylic acids is 1. The van der Waals surface area contributed by atoms with Gasteiger partial charge in [0.15, 0.2) is 0 Å². The number of halogens is 1. The number of ether oxygens (including phenoxy) is 1. The molecule has 18 heavy (non-hydrogen) atoms. The molecule has 1 aromatic rings. The summed E-state index contributed by atoms with van der Waals surface area (Å²) in [5.41, 5.74) is 1.70. The van der Waals surface area contributed by atoms with E-state index in [0.717, 1.165) is 28.4 Å². The molecule has 0 saturated heterocycles. The number of benzene rings is 1. The first-order valence-electron chi connectivity index (χ1n) is 5.80. The number of unbranched alkanes of at least 4 members (excludes halogenated alkanes) is 1. The number of esters is 1. The fourth-order valence-corrected chi connectivity index (χ4v) is 2.15.